The summed E-state index contributed by atoms with van der Waals surface area (Å²) >= 11 is 5.92. The Morgan fingerprint density at radius 3 is 2.96 bits per heavy atom. The summed E-state index contributed by atoms with van der Waals surface area (Å²) in [5.74, 6) is 1.33. The average Bonchev–Trinajstić information content (AvgIpc) is 3.01. The summed E-state index contributed by atoms with van der Waals surface area (Å²) < 4.78 is 11.3. The van der Waals surface area contributed by atoms with E-state index in [1.165, 1.54) is 0 Å². The van der Waals surface area contributed by atoms with E-state index in [0.717, 1.165) is 56.1 Å². The molecule has 1 aromatic carbocycles. The van der Waals surface area contributed by atoms with E-state index in [0.29, 0.717) is 23.3 Å². The third-order valence-electron chi connectivity index (χ3n) is 4.76. The summed E-state index contributed by atoms with van der Waals surface area (Å²) in [5.41, 5.74) is 2.63. The van der Waals surface area contributed by atoms with Gasteiger partial charge in [0, 0.05) is 43.6 Å². The maximum atomic E-state index is 10.4. The molecule has 5 nitrogen and oxygen atoms in total. The molecule has 6 heteroatoms. The Hall–Kier alpha value is -1.82. The van der Waals surface area contributed by atoms with Crippen LogP contribution in [0.15, 0.2) is 30.5 Å². The van der Waals surface area contributed by atoms with Crippen LogP contribution >= 0.6 is 11.6 Å². The molecule has 25 heavy (non-hydrogen) atoms. The van der Waals surface area contributed by atoms with E-state index in [1.807, 2.05) is 6.07 Å². The van der Waals surface area contributed by atoms with Crippen LogP contribution in [0, 0.1) is 5.92 Å². The number of ether oxygens (including phenoxy) is 2. The third-order valence-corrected chi connectivity index (χ3v) is 4.98. The lowest BCUT2D eigenvalue weighted by Crippen LogP contribution is -2.31. The zero-order valence-corrected chi connectivity index (χ0v) is 14.7. The van der Waals surface area contributed by atoms with E-state index in [1.54, 1.807) is 18.3 Å². The summed E-state index contributed by atoms with van der Waals surface area (Å²) in [6.07, 6.45) is 2.73. The normalized spacial score (nSPS) is 20.8. The Labute approximate surface area is 152 Å². The second-order valence-electron chi connectivity index (χ2n) is 6.66. The molecule has 2 aliphatic heterocycles. The summed E-state index contributed by atoms with van der Waals surface area (Å²) in [7, 11) is 0. The van der Waals surface area contributed by atoms with Crippen LogP contribution < -0.4 is 4.74 Å². The van der Waals surface area contributed by atoms with Crippen LogP contribution in [-0.4, -0.2) is 47.9 Å². The summed E-state index contributed by atoms with van der Waals surface area (Å²) in [4.78, 5) is 6.73. The van der Waals surface area contributed by atoms with Gasteiger partial charge in [0.15, 0.2) is 11.5 Å². The van der Waals surface area contributed by atoms with Crippen LogP contribution in [0.4, 0.5) is 0 Å². The Morgan fingerprint density at radius 2 is 2.20 bits per heavy atom. The number of pyridine rings is 1. The first-order chi connectivity index (χ1) is 12.2. The first-order valence-electron chi connectivity index (χ1n) is 8.60. The smallest absolute Gasteiger partial charge is 0.165 e. The van der Waals surface area contributed by atoms with Crippen LogP contribution in [-0.2, 0) is 11.3 Å². The number of aromatic nitrogens is 1. The second kappa shape index (κ2) is 7.20. The van der Waals surface area contributed by atoms with Gasteiger partial charge < -0.3 is 14.6 Å². The Kier molecular flexibility index (Phi) is 4.79. The summed E-state index contributed by atoms with van der Waals surface area (Å²) in [6, 6.07) is 7.41. The fourth-order valence-electron chi connectivity index (χ4n) is 3.50. The molecule has 4 rings (SSSR count). The van der Waals surface area contributed by atoms with Gasteiger partial charge in [0.25, 0.3) is 0 Å². The molecule has 2 aromatic rings. The minimum atomic E-state index is 0.162. The fourth-order valence-corrected chi connectivity index (χ4v) is 3.61. The van der Waals surface area contributed by atoms with Crippen molar-refractivity contribution in [2.24, 2.45) is 5.92 Å². The molecular formula is C19H21ClN2O3. The number of benzene rings is 1. The van der Waals surface area contributed by atoms with E-state index in [-0.39, 0.29) is 5.75 Å². The van der Waals surface area contributed by atoms with Gasteiger partial charge in [-0.25, -0.2) is 0 Å². The number of hydrogen-bond acceptors (Lipinski definition) is 5. The highest BCUT2D eigenvalue weighted by molar-refractivity contribution is 6.30. The van der Waals surface area contributed by atoms with Crippen molar-refractivity contribution in [3.05, 3.63) is 41.0 Å². The van der Waals surface area contributed by atoms with Crippen molar-refractivity contribution in [1.29, 1.82) is 0 Å². The van der Waals surface area contributed by atoms with Crippen molar-refractivity contribution < 1.29 is 14.6 Å². The number of rotatable bonds is 3. The van der Waals surface area contributed by atoms with E-state index < -0.39 is 0 Å². The molecule has 0 radical (unpaired) electrons. The molecule has 0 bridgehead atoms. The number of hydrogen-bond donors (Lipinski definition) is 1. The van der Waals surface area contributed by atoms with E-state index in [9.17, 15) is 5.11 Å². The minimum Gasteiger partial charge on any atom is -0.504 e. The number of fused-ring (bicyclic) bond motifs is 1. The molecule has 0 aliphatic carbocycles. The van der Waals surface area contributed by atoms with Crippen LogP contribution in [0.5, 0.6) is 11.5 Å². The first-order valence-corrected chi connectivity index (χ1v) is 8.97. The van der Waals surface area contributed by atoms with Crippen molar-refractivity contribution in [2.75, 3.05) is 32.9 Å². The number of phenolic OH excluding ortho intramolecular Hbond substituents is 1. The van der Waals surface area contributed by atoms with Crippen LogP contribution in [0.1, 0.15) is 12.0 Å². The highest BCUT2D eigenvalue weighted by Crippen LogP contribution is 2.37. The molecule has 1 aromatic heterocycles. The second-order valence-corrected chi connectivity index (χ2v) is 7.09. The van der Waals surface area contributed by atoms with Crippen molar-refractivity contribution in [3.63, 3.8) is 0 Å². The molecule has 0 amide bonds. The van der Waals surface area contributed by atoms with E-state index >= 15 is 0 Å². The molecular weight excluding hydrogens is 340 g/mol. The largest absolute Gasteiger partial charge is 0.504 e. The summed E-state index contributed by atoms with van der Waals surface area (Å²) in [5, 5.41) is 11.0. The molecule has 0 saturated carbocycles. The molecule has 1 atom stereocenters. The van der Waals surface area contributed by atoms with Crippen molar-refractivity contribution >= 4 is 11.6 Å². The molecule has 132 valence electrons. The van der Waals surface area contributed by atoms with Crippen molar-refractivity contribution in [2.45, 2.75) is 13.0 Å². The minimum absolute atomic E-state index is 0.162. The fraction of sp³-hybridized carbons (Fsp3) is 0.421. The summed E-state index contributed by atoms with van der Waals surface area (Å²) in [6.45, 7) is 4.86. The lowest BCUT2D eigenvalue weighted by atomic mass is 10.0. The van der Waals surface area contributed by atoms with Gasteiger partial charge in [0.1, 0.15) is 6.61 Å². The van der Waals surface area contributed by atoms with Gasteiger partial charge in [-0.1, -0.05) is 11.6 Å². The predicted octanol–water partition coefficient (Wildman–Crippen LogP) is 3.34. The highest BCUT2D eigenvalue weighted by Gasteiger charge is 2.24. The van der Waals surface area contributed by atoms with Gasteiger partial charge in [-0.3, -0.25) is 9.88 Å². The van der Waals surface area contributed by atoms with Gasteiger partial charge in [0.05, 0.1) is 17.3 Å². The van der Waals surface area contributed by atoms with Gasteiger partial charge >= 0.3 is 0 Å². The standard InChI is InChI=1S/C19H21ClN2O3/c20-16-1-2-17(21-9-16)14-7-15-11-22(10-13-3-5-24-12-13)4-6-25-19(15)18(23)8-14/h1-2,7-9,13,23H,3-6,10-12H2. The monoisotopic (exact) mass is 360 g/mol. The highest BCUT2D eigenvalue weighted by atomic mass is 35.5. The van der Waals surface area contributed by atoms with Crippen LogP contribution in [0.25, 0.3) is 11.3 Å². The Bertz CT molecular complexity index is 745. The molecule has 3 heterocycles. The predicted molar refractivity (Wildman–Crippen MR) is 96.0 cm³/mol. The lowest BCUT2D eigenvalue weighted by molar-refractivity contribution is 0.159. The van der Waals surface area contributed by atoms with E-state index in [2.05, 4.69) is 16.0 Å². The number of phenols is 1. The van der Waals surface area contributed by atoms with Crippen molar-refractivity contribution in [1.82, 2.24) is 9.88 Å². The molecule has 1 N–H and O–H groups in total. The number of halogens is 1. The molecule has 1 unspecified atom stereocenters. The van der Waals surface area contributed by atoms with Crippen LogP contribution in [0.2, 0.25) is 5.02 Å². The third kappa shape index (κ3) is 3.73. The van der Waals surface area contributed by atoms with Gasteiger partial charge in [-0.05, 0) is 36.6 Å². The molecule has 0 spiro atoms. The van der Waals surface area contributed by atoms with Crippen LogP contribution in [0.3, 0.4) is 0 Å². The van der Waals surface area contributed by atoms with E-state index in [4.69, 9.17) is 21.1 Å². The molecule has 2 aliphatic rings. The zero-order valence-electron chi connectivity index (χ0n) is 13.9. The number of nitrogens with zero attached hydrogens (tertiary/aromatic N) is 2. The van der Waals surface area contributed by atoms with Gasteiger partial charge in [-0.15, -0.1) is 0 Å². The first kappa shape index (κ1) is 16.6. The average molecular weight is 361 g/mol. The number of aromatic hydroxyl groups is 1. The Morgan fingerprint density at radius 1 is 1.28 bits per heavy atom. The van der Waals surface area contributed by atoms with Gasteiger partial charge in [-0.2, -0.15) is 0 Å². The zero-order chi connectivity index (χ0) is 17.2. The molecule has 1 saturated heterocycles. The Balaban J connectivity index is 1.61. The van der Waals surface area contributed by atoms with Gasteiger partial charge in [0.2, 0.25) is 0 Å². The SMILES string of the molecule is Oc1cc(-c2ccc(Cl)cn2)cc2c1OCCN(CC1CCOC1)C2. The lowest BCUT2D eigenvalue weighted by Gasteiger charge is -2.22. The molecule has 1 fully saturated rings. The quantitative estimate of drug-likeness (QED) is 0.909. The van der Waals surface area contributed by atoms with Crippen molar-refractivity contribution in [3.8, 4) is 22.8 Å². The maximum absolute atomic E-state index is 10.4. The maximum Gasteiger partial charge on any atom is 0.165 e. The topological polar surface area (TPSA) is 54.8 Å².